The molecule has 0 saturated heterocycles. The van der Waals surface area contributed by atoms with Crippen LogP contribution in [-0.4, -0.2) is 31.7 Å². The van der Waals surface area contributed by atoms with Gasteiger partial charge in [0.2, 0.25) is 0 Å². The van der Waals surface area contributed by atoms with Crippen LogP contribution in [0.2, 0.25) is 0 Å². The smallest absolute Gasteiger partial charge is 0.273 e. The predicted molar refractivity (Wildman–Crippen MR) is 53.8 cm³/mol. The first-order valence-corrected chi connectivity index (χ1v) is 5.30. The van der Waals surface area contributed by atoms with Gasteiger partial charge >= 0.3 is 0 Å². The Kier molecular flexibility index (Phi) is 2.32. The number of nitrogens with one attached hydrogen (secondary N) is 2. The summed E-state index contributed by atoms with van der Waals surface area (Å²) in [5, 5.41) is 19.5. The van der Waals surface area contributed by atoms with E-state index in [2.05, 4.69) is 31.1 Å². The molecule has 88 valence electrons. The monoisotopic (exact) mass is 234 g/mol. The first-order valence-electron chi connectivity index (χ1n) is 5.30. The first-order chi connectivity index (χ1) is 8.33. The zero-order chi connectivity index (χ0) is 11.7. The standard InChI is InChI=1S/C9H10N6O2/c16-9(10-4-8-11-14-15-12-8)6-3-7(17-13-6)5-1-2-5/h3,5H,1-2,4H2,(H,10,16)(H,11,12,14,15). The van der Waals surface area contributed by atoms with Crippen LogP contribution in [0.25, 0.3) is 0 Å². The molecule has 3 rings (SSSR count). The fourth-order valence-electron chi connectivity index (χ4n) is 1.46. The topological polar surface area (TPSA) is 110 Å². The van der Waals surface area contributed by atoms with Crippen molar-refractivity contribution in [1.29, 1.82) is 0 Å². The van der Waals surface area contributed by atoms with Gasteiger partial charge in [-0.05, 0) is 12.8 Å². The van der Waals surface area contributed by atoms with Gasteiger partial charge in [0, 0.05) is 12.0 Å². The number of aromatic nitrogens is 5. The summed E-state index contributed by atoms with van der Waals surface area (Å²) < 4.78 is 5.09. The van der Waals surface area contributed by atoms with Crippen molar-refractivity contribution in [2.75, 3.05) is 0 Å². The summed E-state index contributed by atoms with van der Waals surface area (Å²) in [5.74, 6) is 1.35. The van der Waals surface area contributed by atoms with E-state index in [0.29, 0.717) is 11.7 Å². The molecule has 2 heterocycles. The molecule has 0 atom stereocenters. The van der Waals surface area contributed by atoms with E-state index in [1.54, 1.807) is 6.07 Å². The molecule has 1 saturated carbocycles. The normalized spacial score (nSPS) is 14.8. The Bertz CT molecular complexity index is 515. The summed E-state index contributed by atoms with van der Waals surface area (Å²) in [6, 6.07) is 1.68. The second-order valence-electron chi connectivity index (χ2n) is 3.90. The zero-order valence-electron chi connectivity index (χ0n) is 8.88. The molecule has 0 unspecified atom stereocenters. The molecular weight excluding hydrogens is 224 g/mol. The molecule has 8 heteroatoms. The van der Waals surface area contributed by atoms with Gasteiger partial charge in [0.25, 0.3) is 5.91 Å². The van der Waals surface area contributed by atoms with Crippen LogP contribution in [-0.2, 0) is 6.54 Å². The number of carbonyl (C=O) groups is 1. The Balaban J connectivity index is 1.60. The quantitative estimate of drug-likeness (QED) is 0.770. The van der Waals surface area contributed by atoms with E-state index in [1.807, 2.05) is 0 Å². The highest BCUT2D eigenvalue weighted by molar-refractivity contribution is 5.92. The lowest BCUT2D eigenvalue weighted by atomic mass is 10.3. The lowest BCUT2D eigenvalue weighted by Gasteiger charge is -1.96. The van der Waals surface area contributed by atoms with Crippen molar-refractivity contribution < 1.29 is 9.32 Å². The van der Waals surface area contributed by atoms with Gasteiger partial charge in [-0.15, -0.1) is 10.2 Å². The number of carbonyl (C=O) groups excluding carboxylic acids is 1. The zero-order valence-corrected chi connectivity index (χ0v) is 8.88. The summed E-state index contributed by atoms with van der Waals surface area (Å²) in [6.07, 6.45) is 2.22. The minimum atomic E-state index is -0.301. The van der Waals surface area contributed by atoms with E-state index >= 15 is 0 Å². The largest absolute Gasteiger partial charge is 0.360 e. The molecule has 8 nitrogen and oxygen atoms in total. The number of hydrogen-bond donors (Lipinski definition) is 2. The van der Waals surface area contributed by atoms with Crippen LogP contribution in [0.1, 0.15) is 40.8 Å². The maximum absolute atomic E-state index is 11.7. The van der Waals surface area contributed by atoms with E-state index in [9.17, 15) is 4.79 Å². The predicted octanol–water partition coefficient (Wildman–Crippen LogP) is -0.00490. The Morgan fingerprint density at radius 1 is 1.59 bits per heavy atom. The third-order valence-electron chi connectivity index (χ3n) is 2.54. The van der Waals surface area contributed by atoms with Gasteiger partial charge in [0.15, 0.2) is 11.5 Å². The van der Waals surface area contributed by atoms with Gasteiger partial charge in [0.1, 0.15) is 5.76 Å². The van der Waals surface area contributed by atoms with Gasteiger partial charge in [0.05, 0.1) is 6.54 Å². The van der Waals surface area contributed by atoms with Crippen molar-refractivity contribution >= 4 is 5.91 Å². The number of aromatic amines is 1. The van der Waals surface area contributed by atoms with Gasteiger partial charge in [-0.3, -0.25) is 4.79 Å². The Labute approximate surface area is 95.8 Å². The number of rotatable bonds is 4. The van der Waals surface area contributed by atoms with Gasteiger partial charge in [-0.2, -0.15) is 5.21 Å². The van der Waals surface area contributed by atoms with Crippen LogP contribution in [0.15, 0.2) is 10.6 Å². The first kappa shape index (κ1) is 9.94. The minimum Gasteiger partial charge on any atom is -0.360 e. The van der Waals surface area contributed by atoms with Crippen LogP contribution in [0.3, 0.4) is 0 Å². The van der Waals surface area contributed by atoms with Gasteiger partial charge in [-0.1, -0.05) is 10.4 Å². The molecule has 1 fully saturated rings. The molecule has 0 aromatic carbocycles. The number of tetrazole rings is 1. The fourth-order valence-corrected chi connectivity index (χ4v) is 1.46. The van der Waals surface area contributed by atoms with Gasteiger partial charge < -0.3 is 9.84 Å². The van der Waals surface area contributed by atoms with E-state index in [1.165, 1.54) is 0 Å². The highest BCUT2D eigenvalue weighted by Crippen LogP contribution is 2.40. The lowest BCUT2D eigenvalue weighted by molar-refractivity contribution is 0.0940. The Morgan fingerprint density at radius 3 is 3.18 bits per heavy atom. The van der Waals surface area contributed by atoms with Crippen LogP contribution in [0.5, 0.6) is 0 Å². The molecule has 2 aromatic heterocycles. The number of hydrogen-bond acceptors (Lipinski definition) is 6. The molecule has 1 aliphatic carbocycles. The molecule has 2 N–H and O–H groups in total. The SMILES string of the molecule is O=C(NCc1nn[nH]n1)c1cc(C2CC2)on1. The number of amides is 1. The minimum absolute atomic E-state index is 0.209. The van der Waals surface area contributed by atoms with E-state index < -0.39 is 0 Å². The van der Waals surface area contributed by atoms with Crippen molar-refractivity contribution in [3.05, 3.63) is 23.3 Å². The van der Waals surface area contributed by atoms with Crippen LogP contribution >= 0.6 is 0 Å². The average Bonchev–Trinajstić information content (AvgIpc) is 2.88. The maximum Gasteiger partial charge on any atom is 0.273 e. The summed E-state index contributed by atoms with van der Waals surface area (Å²) in [7, 11) is 0. The summed E-state index contributed by atoms with van der Waals surface area (Å²) in [5.41, 5.74) is 0.287. The Hall–Kier alpha value is -2.25. The van der Waals surface area contributed by atoms with Crippen LogP contribution in [0.4, 0.5) is 0 Å². The number of nitrogens with zero attached hydrogens (tertiary/aromatic N) is 4. The van der Waals surface area contributed by atoms with E-state index in [-0.39, 0.29) is 18.1 Å². The third-order valence-corrected chi connectivity index (χ3v) is 2.54. The van der Waals surface area contributed by atoms with Crippen molar-refractivity contribution in [2.24, 2.45) is 0 Å². The molecule has 1 aliphatic rings. The van der Waals surface area contributed by atoms with Crippen LogP contribution in [0, 0.1) is 0 Å². The molecule has 0 radical (unpaired) electrons. The molecular formula is C9H10N6O2. The molecule has 1 amide bonds. The lowest BCUT2D eigenvalue weighted by Crippen LogP contribution is -2.23. The van der Waals surface area contributed by atoms with Crippen molar-refractivity contribution in [2.45, 2.75) is 25.3 Å². The molecule has 17 heavy (non-hydrogen) atoms. The summed E-state index contributed by atoms with van der Waals surface area (Å²) in [4.78, 5) is 11.7. The molecule has 0 spiro atoms. The van der Waals surface area contributed by atoms with E-state index in [4.69, 9.17) is 4.52 Å². The van der Waals surface area contributed by atoms with Crippen molar-refractivity contribution in [1.82, 2.24) is 31.1 Å². The highest BCUT2D eigenvalue weighted by atomic mass is 16.5. The highest BCUT2D eigenvalue weighted by Gasteiger charge is 2.28. The van der Waals surface area contributed by atoms with Crippen molar-refractivity contribution in [3.8, 4) is 0 Å². The average molecular weight is 234 g/mol. The van der Waals surface area contributed by atoms with Crippen LogP contribution < -0.4 is 5.32 Å². The molecule has 0 bridgehead atoms. The number of H-pyrrole nitrogens is 1. The maximum atomic E-state index is 11.7. The molecule has 2 aromatic rings. The summed E-state index contributed by atoms with van der Waals surface area (Å²) in [6.45, 7) is 0.209. The third kappa shape index (κ3) is 2.14. The van der Waals surface area contributed by atoms with Gasteiger partial charge in [-0.25, -0.2) is 0 Å². The second kappa shape index (κ2) is 3.96. The second-order valence-corrected chi connectivity index (χ2v) is 3.90. The fraction of sp³-hybridized carbons (Fsp3) is 0.444. The van der Waals surface area contributed by atoms with E-state index in [0.717, 1.165) is 18.6 Å². The Morgan fingerprint density at radius 2 is 2.47 bits per heavy atom. The van der Waals surface area contributed by atoms with Crippen molar-refractivity contribution in [3.63, 3.8) is 0 Å². The summed E-state index contributed by atoms with van der Waals surface area (Å²) >= 11 is 0. The molecule has 0 aliphatic heterocycles.